The van der Waals surface area contributed by atoms with Gasteiger partial charge in [-0.1, -0.05) is 34.8 Å². The van der Waals surface area contributed by atoms with Gasteiger partial charge in [0.1, 0.15) is 5.75 Å². The van der Waals surface area contributed by atoms with Crippen LogP contribution in [0.2, 0.25) is 15.1 Å². The number of hydrogen-bond acceptors (Lipinski definition) is 3. The fourth-order valence-electron chi connectivity index (χ4n) is 1.76. The molecule has 2 aromatic rings. The fourth-order valence-corrected chi connectivity index (χ4v) is 3.36. The van der Waals surface area contributed by atoms with Crippen LogP contribution in [-0.2, 0) is 10.0 Å². The molecule has 0 aromatic heterocycles. The highest BCUT2D eigenvalue weighted by Gasteiger charge is 2.18. The van der Waals surface area contributed by atoms with Gasteiger partial charge in [-0.3, -0.25) is 4.72 Å². The van der Waals surface area contributed by atoms with E-state index in [1.807, 2.05) is 0 Å². The molecule has 0 saturated carbocycles. The number of benzene rings is 2. The Balaban J connectivity index is 2.44. The number of rotatable bonds is 4. The predicted octanol–water partition coefficient (Wildman–Crippen LogP) is 4.76. The van der Waals surface area contributed by atoms with Crippen LogP contribution in [0.3, 0.4) is 0 Å². The van der Waals surface area contributed by atoms with E-state index < -0.39 is 10.0 Å². The van der Waals surface area contributed by atoms with Gasteiger partial charge >= 0.3 is 0 Å². The molecule has 0 aliphatic carbocycles. The van der Waals surface area contributed by atoms with Crippen LogP contribution in [0.5, 0.6) is 5.75 Å². The molecule has 0 aliphatic rings. The molecular formula is C14H12Cl3NO3S. The summed E-state index contributed by atoms with van der Waals surface area (Å²) < 4.78 is 32.5. The Bertz CT molecular complexity index is 822. The summed E-state index contributed by atoms with van der Waals surface area (Å²) in [4.78, 5) is -0.00319. The summed E-state index contributed by atoms with van der Waals surface area (Å²) in [6.45, 7) is 1.76. The molecule has 0 radical (unpaired) electrons. The third kappa shape index (κ3) is 3.60. The van der Waals surface area contributed by atoms with Crippen molar-refractivity contribution in [3.8, 4) is 5.75 Å². The van der Waals surface area contributed by atoms with Crippen molar-refractivity contribution in [3.05, 3.63) is 51.0 Å². The Hall–Kier alpha value is -1.14. The summed E-state index contributed by atoms with van der Waals surface area (Å²) in [5.74, 6) is 0.319. The van der Waals surface area contributed by atoms with Crippen LogP contribution in [-0.4, -0.2) is 15.5 Å². The Morgan fingerprint density at radius 2 is 1.68 bits per heavy atom. The van der Waals surface area contributed by atoms with E-state index in [9.17, 15) is 8.42 Å². The van der Waals surface area contributed by atoms with Gasteiger partial charge in [0, 0.05) is 11.1 Å². The highest BCUT2D eigenvalue weighted by atomic mass is 35.5. The van der Waals surface area contributed by atoms with Gasteiger partial charge in [-0.25, -0.2) is 8.42 Å². The topological polar surface area (TPSA) is 55.4 Å². The SMILES string of the molecule is COc1cc(Cl)c(C)cc1NS(=O)(=O)c1ccc(Cl)c(Cl)c1. The van der Waals surface area contributed by atoms with Crippen molar-refractivity contribution in [2.24, 2.45) is 0 Å². The van der Waals surface area contributed by atoms with Gasteiger partial charge < -0.3 is 4.74 Å². The summed E-state index contributed by atoms with van der Waals surface area (Å²) >= 11 is 17.7. The van der Waals surface area contributed by atoms with Gasteiger partial charge in [-0.15, -0.1) is 0 Å². The number of anilines is 1. The molecule has 22 heavy (non-hydrogen) atoms. The molecule has 2 aromatic carbocycles. The first kappa shape index (κ1) is 17.2. The zero-order valence-corrected chi connectivity index (χ0v) is 14.7. The smallest absolute Gasteiger partial charge is 0.262 e. The second-order valence-electron chi connectivity index (χ2n) is 4.48. The van der Waals surface area contributed by atoms with Crippen LogP contribution in [0.1, 0.15) is 5.56 Å². The molecule has 0 unspecified atom stereocenters. The molecule has 0 spiro atoms. The van der Waals surface area contributed by atoms with Gasteiger partial charge in [0.25, 0.3) is 10.0 Å². The lowest BCUT2D eigenvalue weighted by atomic mass is 10.2. The molecule has 2 rings (SSSR count). The summed E-state index contributed by atoms with van der Waals surface area (Å²) in [7, 11) is -2.40. The van der Waals surface area contributed by atoms with E-state index in [-0.39, 0.29) is 20.6 Å². The van der Waals surface area contributed by atoms with E-state index in [0.29, 0.717) is 16.3 Å². The number of ether oxygens (including phenoxy) is 1. The monoisotopic (exact) mass is 379 g/mol. The number of hydrogen-bond donors (Lipinski definition) is 1. The zero-order chi connectivity index (χ0) is 16.5. The first-order valence-corrected chi connectivity index (χ1v) is 8.68. The number of methoxy groups -OCH3 is 1. The van der Waals surface area contributed by atoms with Crippen molar-refractivity contribution in [2.75, 3.05) is 11.8 Å². The van der Waals surface area contributed by atoms with E-state index >= 15 is 0 Å². The van der Waals surface area contributed by atoms with Gasteiger partial charge in [0.15, 0.2) is 0 Å². The van der Waals surface area contributed by atoms with Crippen molar-refractivity contribution >= 4 is 50.5 Å². The highest BCUT2D eigenvalue weighted by Crippen LogP contribution is 2.33. The molecule has 0 aliphatic heterocycles. The Morgan fingerprint density at radius 1 is 1.00 bits per heavy atom. The number of nitrogens with one attached hydrogen (secondary N) is 1. The van der Waals surface area contributed by atoms with Crippen LogP contribution in [0, 0.1) is 6.92 Å². The Kier molecular flexibility index (Phi) is 5.12. The van der Waals surface area contributed by atoms with Gasteiger partial charge in [0.2, 0.25) is 0 Å². The predicted molar refractivity (Wildman–Crippen MR) is 90.0 cm³/mol. The first-order valence-electron chi connectivity index (χ1n) is 6.06. The molecule has 0 amide bonds. The lowest BCUT2D eigenvalue weighted by molar-refractivity contribution is 0.417. The van der Waals surface area contributed by atoms with Crippen LogP contribution in [0.4, 0.5) is 5.69 Å². The minimum absolute atomic E-state index is 0.00319. The van der Waals surface area contributed by atoms with Crippen LogP contribution in [0.15, 0.2) is 35.2 Å². The maximum absolute atomic E-state index is 12.4. The standard InChI is InChI=1S/C14H12Cl3NO3S/c1-8-5-13(14(21-2)7-11(8)16)18-22(19,20)9-3-4-10(15)12(17)6-9/h3-7,18H,1-2H3. The number of aryl methyl sites for hydroxylation is 1. The van der Waals surface area contributed by atoms with E-state index in [0.717, 1.165) is 0 Å². The molecule has 4 nitrogen and oxygen atoms in total. The average Bonchev–Trinajstić information content (AvgIpc) is 2.45. The maximum Gasteiger partial charge on any atom is 0.262 e. The van der Waals surface area contributed by atoms with E-state index in [1.165, 1.54) is 25.3 Å². The third-order valence-corrected chi connectivity index (χ3v) is 5.44. The lowest BCUT2D eigenvalue weighted by Crippen LogP contribution is -2.14. The van der Waals surface area contributed by atoms with E-state index in [2.05, 4.69) is 4.72 Å². The minimum atomic E-state index is -3.83. The molecule has 118 valence electrons. The minimum Gasteiger partial charge on any atom is -0.495 e. The molecule has 0 fully saturated rings. The summed E-state index contributed by atoms with van der Waals surface area (Å²) in [5, 5.41) is 0.915. The van der Waals surface area contributed by atoms with Crippen LogP contribution in [0.25, 0.3) is 0 Å². The van der Waals surface area contributed by atoms with Crippen molar-refractivity contribution in [1.82, 2.24) is 0 Å². The molecule has 0 bridgehead atoms. The van der Waals surface area contributed by atoms with Crippen LogP contribution < -0.4 is 9.46 Å². The van der Waals surface area contributed by atoms with Crippen LogP contribution >= 0.6 is 34.8 Å². The Labute approximate surface area is 144 Å². The second kappa shape index (κ2) is 6.54. The van der Waals surface area contributed by atoms with Crippen molar-refractivity contribution in [1.29, 1.82) is 0 Å². The van der Waals surface area contributed by atoms with Crippen molar-refractivity contribution < 1.29 is 13.2 Å². The largest absolute Gasteiger partial charge is 0.495 e. The molecule has 1 N–H and O–H groups in total. The molecule has 0 heterocycles. The second-order valence-corrected chi connectivity index (χ2v) is 7.39. The third-order valence-electron chi connectivity index (χ3n) is 2.93. The van der Waals surface area contributed by atoms with Gasteiger partial charge in [0.05, 0.1) is 27.7 Å². The normalized spacial score (nSPS) is 11.3. The first-order chi connectivity index (χ1) is 10.2. The Morgan fingerprint density at radius 3 is 2.27 bits per heavy atom. The van der Waals surface area contributed by atoms with Crippen molar-refractivity contribution in [3.63, 3.8) is 0 Å². The zero-order valence-electron chi connectivity index (χ0n) is 11.7. The highest BCUT2D eigenvalue weighted by molar-refractivity contribution is 7.92. The number of sulfonamides is 1. The molecule has 8 heteroatoms. The summed E-state index contributed by atoms with van der Waals surface area (Å²) in [6.07, 6.45) is 0. The maximum atomic E-state index is 12.4. The quantitative estimate of drug-likeness (QED) is 0.831. The summed E-state index contributed by atoms with van der Waals surface area (Å²) in [5.41, 5.74) is 1.00. The average molecular weight is 381 g/mol. The molecular weight excluding hydrogens is 369 g/mol. The number of halogens is 3. The van der Waals surface area contributed by atoms with Crippen molar-refractivity contribution in [2.45, 2.75) is 11.8 Å². The van der Waals surface area contributed by atoms with E-state index in [1.54, 1.807) is 19.1 Å². The lowest BCUT2D eigenvalue weighted by Gasteiger charge is -2.14. The fraction of sp³-hybridized carbons (Fsp3) is 0.143. The van der Waals surface area contributed by atoms with Gasteiger partial charge in [-0.05, 0) is 36.8 Å². The molecule has 0 saturated heterocycles. The molecule has 0 atom stereocenters. The van der Waals surface area contributed by atoms with Gasteiger partial charge in [-0.2, -0.15) is 0 Å². The summed E-state index contributed by atoms with van der Waals surface area (Å²) in [6, 6.07) is 7.20. The van der Waals surface area contributed by atoms with E-state index in [4.69, 9.17) is 39.5 Å².